The molecule has 0 saturated carbocycles. The van der Waals surface area contributed by atoms with E-state index in [0.717, 1.165) is 25.0 Å². The number of nitrogens with one attached hydrogen (secondary N) is 1. The summed E-state index contributed by atoms with van der Waals surface area (Å²) in [5, 5.41) is 13.7. The van der Waals surface area contributed by atoms with Crippen LogP contribution in [0.3, 0.4) is 0 Å². The Morgan fingerprint density at radius 3 is 2.67 bits per heavy atom. The fourth-order valence-corrected chi connectivity index (χ4v) is 4.57. The number of thioether (sulfide) groups is 1. The van der Waals surface area contributed by atoms with Crippen LogP contribution in [0.2, 0.25) is 0 Å². The molecule has 3 unspecified atom stereocenters. The monoisotopic (exact) mass is 434 g/mol. The Kier molecular flexibility index (Phi) is 7.60. The number of unbranched alkanes of at least 4 members (excludes halogenated alkanes) is 1. The first kappa shape index (κ1) is 22.4. The summed E-state index contributed by atoms with van der Waals surface area (Å²) in [5.41, 5.74) is 1.22. The standard InChI is InChI=1S/C21H30N4O4S/c1-4-6-11-30-21-22-18-17(19(27)23-20(28)24(18)3)25(21)12-15(26)13-29-16-9-7-14(5-2)8-10-16/h7-10,15,17-18,26H,4-6,11-13H2,1-3H3,(H,23,27,28). The van der Waals surface area contributed by atoms with Crippen molar-refractivity contribution in [3.8, 4) is 5.75 Å². The number of ether oxygens (including phenoxy) is 1. The number of aliphatic hydroxyl groups excluding tert-OH is 1. The number of amides is 3. The molecular weight excluding hydrogens is 404 g/mol. The topological polar surface area (TPSA) is 94.5 Å². The second kappa shape index (κ2) is 10.2. The zero-order valence-corrected chi connectivity index (χ0v) is 18.5. The van der Waals surface area contributed by atoms with Gasteiger partial charge in [0.2, 0.25) is 0 Å². The lowest BCUT2D eigenvalue weighted by Gasteiger charge is -2.36. The Bertz CT molecular complexity index is 786. The summed E-state index contributed by atoms with van der Waals surface area (Å²) in [6.45, 7) is 4.50. The second-order valence-corrected chi connectivity index (χ2v) is 8.55. The number of carbonyl (C=O) groups is 2. The van der Waals surface area contributed by atoms with E-state index >= 15 is 0 Å². The number of nitrogens with zero attached hydrogens (tertiary/aromatic N) is 3. The van der Waals surface area contributed by atoms with Gasteiger partial charge in [-0.15, -0.1) is 0 Å². The number of hydrogen-bond donors (Lipinski definition) is 2. The number of aryl methyl sites for hydroxylation is 1. The Morgan fingerprint density at radius 2 is 2.00 bits per heavy atom. The number of rotatable bonds is 9. The Balaban J connectivity index is 1.66. The molecule has 3 amide bonds. The summed E-state index contributed by atoms with van der Waals surface area (Å²) in [7, 11) is 1.63. The van der Waals surface area contributed by atoms with E-state index in [2.05, 4.69) is 24.2 Å². The van der Waals surface area contributed by atoms with Gasteiger partial charge in [0.05, 0.1) is 6.54 Å². The van der Waals surface area contributed by atoms with Crippen LogP contribution in [0.5, 0.6) is 5.75 Å². The molecular formula is C21H30N4O4S. The van der Waals surface area contributed by atoms with Crippen molar-refractivity contribution in [2.45, 2.75) is 51.4 Å². The lowest BCUT2D eigenvalue weighted by Crippen LogP contribution is -2.64. The summed E-state index contributed by atoms with van der Waals surface area (Å²) >= 11 is 1.55. The zero-order chi connectivity index (χ0) is 21.7. The normalized spacial score (nSPS) is 21.9. The van der Waals surface area contributed by atoms with Crippen molar-refractivity contribution in [3.63, 3.8) is 0 Å². The van der Waals surface area contributed by atoms with Crippen LogP contribution in [0.1, 0.15) is 32.3 Å². The minimum atomic E-state index is -0.817. The Labute approximate surface area is 181 Å². The molecule has 3 rings (SSSR count). The highest BCUT2D eigenvalue weighted by molar-refractivity contribution is 8.13. The van der Waals surface area contributed by atoms with Crippen LogP contribution in [-0.2, 0) is 11.2 Å². The van der Waals surface area contributed by atoms with Crippen molar-refractivity contribution in [3.05, 3.63) is 29.8 Å². The minimum Gasteiger partial charge on any atom is -0.491 e. The molecule has 3 atom stereocenters. The summed E-state index contributed by atoms with van der Waals surface area (Å²) < 4.78 is 5.72. The van der Waals surface area contributed by atoms with Gasteiger partial charge in [0, 0.05) is 12.8 Å². The first-order valence-corrected chi connectivity index (χ1v) is 11.4. The maximum absolute atomic E-state index is 12.5. The van der Waals surface area contributed by atoms with Crippen molar-refractivity contribution in [1.82, 2.24) is 15.1 Å². The molecule has 0 aliphatic carbocycles. The van der Waals surface area contributed by atoms with Gasteiger partial charge in [0.25, 0.3) is 5.91 Å². The highest BCUT2D eigenvalue weighted by Gasteiger charge is 2.48. The largest absolute Gasteiger partial charge is 0.491 e. The number of aliphatic imine (C=N–C) groups is 1. The fourth-order valence-electron chi connectivity index (χ4n) is 3.41. The van der Waals surface area contributed by atoms with E-state index in [1.807, 2.05) is 24.3 Å². The van der Waals surface area contributed by atoms with Crippen LogP contribution < -0.4 is 10.1 Å². The maximum Gasteiger partial charge on any atom is 0.325 e. The van der Waals surface area contributed by atoms with E-state index in [0.29, 0.717) is 10.9 Å². The number of hydrogen-bond acceptors (Lipinski definition) is 7. The number of amidine groups is 1. The summed E-state index contributed by atoms with van der Waals surface area (Å²) in [6, 6.07) is 6.68. The van der Waals surface area contributed by atoms with Crippen LogP contribution in [0, 0.1) is 0 Å². The van der Waals surface area contributed by atoms with E-state index in [9.17, 15) is 14.7 Å². The van der Waals surface area contributed by atoms with Gasteiger partial charge in [0.1, 0.15) is 18.5 Å². The average molecular weight is 435 g/mol. The van der Waals surface area contributed by atoms with Crippen LogP contribution in [-0.4, -0.2) is 76.3 Å². The lowest BCUT2D eigenvalue weighted by atomic mass is 10.1. The maximum atomic E-state index is 12.5. The lowest BCUT2D eigenvalue weighted by molar-refractivity contribution is -0.127. The third-order valence-corrected chi connectivity index (χ3v) is 6.32. The van der Waals surface area contributed by atoms with Crippen molar-refractivity contribution < 1.29 is 19.4 Å². The molecule has 8 nitrogen and oxygen atoms in total. The first-order valence-electron chi connectivity index (χ1n) is 10.4. The van der Waals surface area contributed by atoms with Crippen LogP contribution >= 0.6 is 11.8 Å². The first-order chi connectivity index (χ1) is 14.4. The van der Waals surface area contributed by atoms with E-state index < -0.39 is 24.3 Å². The smallest absolute Gasteiger partial charge is 0.325 e. The van der Waals surface area contributed by atoms with Crippen LogP contribution in [0.15, 0.2) is 29.3 Å². The number of carbonyl (C=O) groups excluding carboxylic acids is 2. The number of β-amino-alcohol motifs (C(OH)–C–C–N with tert-alkyl or cyclic N) is 1. The molecule has 30 heavy (non-hydrogen) atoms. The number of urea groups is 1. The third-order valence-electron chi connectivity index (χ3n) is 5.23. The second-order valence-electron chi connectivity index (χ2n) is 7.49. The van der Waals surface area contributed by atoms with Crippen LogP contribution in [0.25, 0.3) is 0 Å². The predicted octanol–water partition coefficient (Wildman–Crippen LogP) is 2.07. The molecule has 9 heteroatoms. The van der Waals surface area contributed by atoms with E-state index in [1.165, 1.54) is 10.5 Å². The number of imide groups is 1. The third kappa shape index (κ3) is 5.07. The van der Waals surface area contributed by atoms with Gasteiger partial charge in [-0.25, -0.2) is 9.79 Å². The number of fused-ring (bicyclic) bond motifs is 1. The predicted molar refractivity (Wildman–Crippen MR) is 118 cm³/mol. The van der Waals surface area contributed by atoms with Gasteiger partial charge in [-0.2, -0.15) is 0 Å². The number of likely N-dealkylation sites (N-methyl/N-ethyl adjacent to an activating group) is 1. The van der Waals surface area contributed by atoms with Crippen LogP contribution in [0.4, 0.5) is 4.79 Å². The molecule has 0 spiro atoms. The molecule has 1 fully saturated rings. The SMILES string of the molecule is CCCCSC1=NC2C(C(=O)NC(=O)N2C)N1CC(O)COc1ccc(CC)cc1. The molecule has 0 bridgehead atoms. The molecule has 0 aromatic heterocycles. The highest BCUT2D eigenvalue weighted by atomic mass is 32.2. The van der Waals surface area contributed by atoms with Gasteiger partial charge in [-0.05, 0) is 30.5 Å². The van der Waals surface area contributed by atoms with Gasteiger partial charge < -0.3 is 19.6 Å². The van der Waals surface area contributed by atoms with Crippen molar-refractivity contribution in [2.24, 2.45) is 4.99 Å². The fraction of sp³-hybridized carbons (Fsp3) is 0.571. The molecule has 1 saturated heterocycles. The molecule has 1 aromatic rings. The van der Waals surface area contributed by atoms with Gasteiger partial charge in [-0.3, -0.25) is 10.1 Å². The van der Waals surface area contributed by atoms with Crippen molar-refractivity contribution >= 4 is 28.9 Å². The summed E-state index contributed by atoms with van der Waals surface area (Å²) in [6.07, 6.45) is 1.64. The van der Waals surface area contributed by atoms with Crippen molar-refractivity contribution in [1.29, 1.82) is 0 Å². The molecule has 2 aliphatic rings. The van der Waals surface area contributed by atoms with Crippen molar-refractivity contribution in [2.75, 3.05) is 26.0 Å². The van der Waals surface area contributed by atoms with E-state index in [1.54, 1.807) is 23.7 Å². The van der Waals surface area contributed by atoms with E-state index in [-0.39, 0.29) is 19.1 Å². The van der Waals surface area contributed by atoms with E-state index in [4.69, 9.17) is 4.74 Å². The summed E-state index contributed by atoms with van der Waals surface area (Å²) in [4.78, 5) is 32.4. The molecule has 2 N–H and O–H groups in total. The number of aliphatic hydroxyl groups is 1. The average Bonchev–Trinajstić information content (AvgIpc) is 3.10. The molecule has 1 aromatic carbocycles. The van der Waals surface area contributed by atoms with Gasteiger partial charge in [-0.1, -0.05) is 44.2 Å². The molecule has 0 radical (unpaired) electrons. The Hall–Kier alpha value is -2.26. The minimum absolute atomic E-state index is 0.0999. The summed E-state index contributed by atoms with van der Waals surface area (Å²) in [5.74, 6) is 1.17. The van der Waals surface area contributed by atoms with Gasteiger partial charge >= 0.3 is 6.03 Å². The molecule has 2 heterocycles. The highest BCUT2D eigenvalue weighted by Crippen LogP contribution is 2.29. The zero-order valence-electron chi connectivity index (χ0n) is 17.7. The Morgan fingerprint density at radius 1 is 1.27 bits per heavy atom. The number of benzene rings is 1. The van der Waals surface area contributed by atoms with Gasteiger partial charge in [0.15, 0.2) is 17.4 Å². The molecule has 164 valence electrons. The quantitative estimate of drug-likeness (QED) is 0.578. The molecule has 2 aliphatic heterocycles.